The minimum Gasteiger partial charge on any atom is -0.358 e. The average molecular weight is 419 g/mol. The number of aromatic nitrogens is 2. The minimum absolute atomic E-state index is 0.186. The zero-order valence-corrected chi connectivity index (χ0v) is 17.7. The van der Waals surface area contributed by atoms with Gasteiger partial charge in [-0.2, -0.15) is 4.98 Å². The van der Waals surface area contributed by atoms with Crippen LogP contribution in [0.2, 0.25) is 0 Å². The van der Waals surface area contributed by atoms with Crippen molar-refractivity contribution in [3.05, 3.63) is 72.4 Å². The summed E-state index contributed by atoms with van der Waals surface area (Å²) in [5, 5.41) is 11.8. The van der Waals surface area contributed by atoms with Gasteiger partial charge in [-0.25, -0.2) is 4.98 Å². The fourth-order valence-electron chi connectivity index (χ4n) is 2.73. The molecule has 1 aromatic heterocycles. The Morgan fingerprint density at radius 1 is 0.774 bits per heavy atom. The predicted molar refractivity (Wildman–Crippen MR) is 123 cm³/mol. The quantitative estimate of drug-likeness (QED) is 0.445. The molecule has 0 aliphatic heterocycles. The molecule has 2 atom stereocenters. The molecule has 0 saturated carbocycles. The summed E-state index contributed by atoms with van der Waals surface area (Å²) in [5.41, 5.74) is 2.22. The standard InChI is InChI=1S/C23H26N6O2/c1-15-14-24-23(26-17(3)22(31)28-19-12-8-5-9-13-19)29-20(15)25-16(2)21(30)27-18-10-6-4-7-11-18/h4-14,16-17H,1-3H3,(H,27,30)(H,28,31)(H2,24,25,26,29). The molecule has 0 saturated heterocycles. The van der Waals surface area contributed by atoms with Gasteiger partial charge in [0, 0.05) is 23.1 Å². The van der Waals surface area contributed by atoms with E-state index in [2.05, 4.69) is 31.2 Å². The van der Waals surface area contributed by atoms with E-state index in [0.717, 1.165) is 11.3 Å². The number of benzene rings is 2. The SMILES string of the molecule is Cc1cnc(NC(C)C(=O)Nc2ccccc2)nc1NC(C)C(=O)Nc1ccccc1. The Labute approximate surface area is 181 Å². The molecular formula is C23H26N6O2. The van der Waals surface area contributed by atoms with Crippen LogP contribution in [0.1, 0.15) is 19.4 Å². The van der Waals surface area contributed by atoms with Gasteiger partial charge in [-0.15, -0.1) is 0 Å². The highest BCUT2D eigenvalue weighted by Crippen LogP contribution is 2.16. The number of amides is 2. The molecule has 2 aromatic carbocycles. The number of carbonyl (C=O) groups excluding carboxylic acids is 2. The van der Waals surface area contributed by atoms with E-state index in [9.17, 15) is 9.59 Å². The molecule has 0 aliphatic carbocycles. The number of para-hydroxylation sites is 2. The van der Waals surface area contributed by atoms with Crippen LogP contribution in [-0.4, -0.2) is 33.9 Å². The third-order valence-electron chi connectivity index (χ3n) is 4.54. The van der Waals surface area contributed by atoms with Gasteiger partial charge >= 0.3 is 0 Å². The molecule has 31 heavy (non-hydrogen) atoms. The second kappa shape index (κ2) is 10.2. The lowest BCUT2D eigenvalue weighted by molar-refractivity contribution is -0.117. The van der Waals surface area contributed by atoms with Gasteiger partial charge in [-0.3, -0.25) is 9.59 Å². The van der Waals surface area contributed by atoms with Crippen molar-refractivity contribution in [1.29, 1.82) is 0 Å². The van der Waals surface area contributed by atoms with Crippen molar-refractivity contribution in [2.45, 2.75) is 32.9 Å². The molecule has 3 aromatic rings. The van der Waals surface area contributed by atoms with Crippen molar-refractivity contribution in [3.63, 3.8) is 0 Å². The summed E-state index contributed by atoms with van der Waals surface area (Å²) >= 11 is 0. The number of anilines is 4. The van der Waals surface area contributed by atoms with Gasteiger partial charge in [0.25, 0.3) is 0 Å². The molecule has 2 unspecified atom stereocenters. The summed E-state index contributed by atoms with van der Waals surface area (Å²) in [6, 6.07) is 17.4. The number of nitrogens with one attached hydrogen (secondary N) is 4. The largest absolute Gasteiger partial charge is 0.358 e. The van der Waals surface area contributed by atoms with E-state index in [0.29, 0.717) is 17.5 Å². The van der Waals surface area contributed by atoms with Crippen molar-refractivity contribution in [1.82, 2.24) is 9.97 Å². The first kappa shape index (κ1) is 21.8. The molecule has 0 radical (unpaired) electrons. The Kier molecular flexibility index (Phi) is 7.16. The Balaban J connectivity index is 1.61. The van der Waals surface area contributed by atoms with E-state index < -0.39 is 12.1 Å². The van der Waals surface area contributed by atoms with Gasteiger partial charge in [0.1, 0.15) is 17.9 Å². The van der Waals surface area contributed by atoms with Crippen molar-refractivity contribution < 1.29 is 9.59 Å². The number of hydrogen-bond donors (Lipinski definition) is 4. The van der Waals surface area contributed by atoms with Crippen molar-refractivity contribution in [3.8, 4) is 0 Å². The van der Waals surface area contributed by atoms with Crippen LogP contribution in [-0.2, 0) is 9.59 Å². The fraction of sp³-hybridized carbons (Fsp3) is 0.217. The van der Waals surface area contributed by atoms with E-state index in [4.69, 9.17) is 0 Å². The number of hydrogen-bond acceptors (Lipinski definition) is 6. The smallest absolute Gasteiger partial charge is 0.246 e. The first-order valence-corrected chi connectivity index (χ1v) is 10.0. The van der Waals surface area contributed by atoms with E-state index in [-0.39, 0.29) is 11.8 Å². The summed E-state index contributed by atoms with van der Waals surface area (Å²) in [4.78, 5) is 33.6. The van der Waals surface area contributed by atoms with Crippen LogP contribution in [0.5, 0.6) is 0 Å². The summed E-state index contributed by atoms with van der Waals surface area (Å²) in [6.07, 6.45) is 1.64. The Morgan fingerprint density at radius 3 is 1.77 bits per heavy atom. The van der Waals surface area contributed by atoms with Crippen molar-refractivity contribution >= 4 is 35.0 Å². The van der Waals surface area contributed by atoms with Crippen LogP contribution < -0.4 is 21.3 Å². The normalized spacial score (nSPS) is 12.4. The van der Waals surface area contributed by atoms with Gasteiger partial charge in [0.15, 0.2) is 0 Å². The maximum atomic E-state index is 12.5. The summed E-state index contributed by atoms with van der Waals surface area (Å²) in [5.74, 6) is 0.415. The van der Waals surface area contributed by atoms with E-state index in [1.165, 1.54) is 0 Å². The van der Waals surface area contributed by atoms with E-state index in [1.54, 1.807) is 20.0 Å². The second-order valence-corrected chi connectivity index (χ2v) is 7.17. The lowest BCUT2D eigenvalue weighted by Gasteiger charge is -2.18. The monoisotopic (exact) mass is 418 g/mol. The summed E-state index contributed by atoms with van der Waals surface area (Å²) < 4.78 is 0. The van der Waals surface area contributed by atoms with E-state index in [1.807, 2.05) is 67.6 Å². The van der Waals surface area contributed by atoms with Gasteiger partial charge < -0.3 is 21.3 Å². The van der Waals surface area contributed by atoms with Crippen molar-refractivity contribution in [2.24, 2.45) is 0 Å². The van der Waals surface area contributed by atoms with Crippen LogP contribution in [0.25, 0.3) is 0 Å². The van der Waals surface area contributed by atoms with Gasteiger partial charge in [-0.1, -0.05) is 36.4 Å². The zero-order valence-electron chi connectivity index (χ0n) is 17.7. The first-order chi connectivity index (χ1) is 14.9. The second-order valence-electron chi connectivity index (χ2n) is 7.17. The van der Waals surface area contributed by atoms with Crippen LogP contribution >= 0.6 is 0 Å². The van der Waals surface area contributed by atoms with E-state index >= 15 is 0 Å². The van der Waals surface area contributed by atoms with Gasteiger partial charge in [0.05, 0.1) is 0 Å². The van der Waals surface area contributed by atoms with Gasteiger partial charge in [-0.05, 0) is 45.0 Å². The molecule has 0 fully saturated rings. The Hall–Kier alpha value is -3.94. The third-order valence-corrected chi connectivity index (χ3v) is 4.54. The van der Waals surface area contributed by atoms with Gasteiger partial charge in [0.2, 0.25) is 17.8 Å². The van der Waals surface area contributed by atoms with Crippen molar-refractivity contribution in [2.75, 3.05) is 21.3 Å². The van der Waals surface area contributed by atoms with Crippen LogP contribution in [0.15, 0.2) is 66.9 Å². The Morgan fingerprint density at radius 2 is 1.26 bits per heavy atom. The average Bonchev–Trinajstić information content (AvgIpc) is 2.77. The molecule has 160 valence electrons. The summed E-state index contributed by atoms with van der Waals surface area (Å²) in [7, 11) is 0. The first-order valence-electron chi connectivity index (χ1n) is 10.0. The highest BCUT2D eigenvalue weighted by molar-refractivity contribution is 5.96. The zero-order chi connectivity index (χ0) is 22.2. The lowest BCUT2D eigenvalue weighted by Crippen LogP contribution is -2.34. The minimum atomic E-state index is -0.561. The topological polar surface area (TPSA) is 108 Å². The fourth-order valence-corrected chi connectivity index (χ4v) is 2.73. The van der Waals surface area contributed by atoms with Crippen LogP contribution in [0.4, 0.5) is 23.1 Å². The number of aryl methyl sites for hydroxylation is 1. The molecule has 0 bridgehead atoms. The molecule has 0 aliphatic rings. The highest BCUT2D eigenvalue weighted by Gasteiger charge is 2.17. The molecular weight excluding hydrogens is 392 g/mol. The molecule has 8 nitrogen and oxygen atoms in total. The summed E-state index contributed by atoms with van der Waals surface area (Å²) in [6.45, 7) is 5.33. The number of nitrogens with zero attached hydrogens (tertiary/aromatic N) is 2. The molecule has 8 heteroatoms. The van der Waals surface area contributed by atoms with Crippen LogP contribution in [0.3, 0.4) is 0 Å². The predicted octanol–water partition coefficient (Wildman–Crippen LogP) is 3.66. The Bertz CT molecular complexity index is 1030. The van der Waals surface area contributed by atoms with Crippen LogP contribution in [0, 0.1) is 6.92 Å². The molecule has 1 heterocycles. The number of rotatable bonds is 8. The molecule has 0 spiro atoms. The maximum Gasteiger partial charge on any atom is 0.246 e. The maximum absolute atomic E-state index is 12.5. The number of carbonyl (C=O) groups is 2. The third kappa shape index (κ3) is 6.27. The molecule has 2 amide bonds. The molecule has 3 rings (SSSR count). The highest BCUT2D eigenvalue weighted by atomic mass is 16.2. The lowest BCUT2D eigenvalue weighted by atomic mass is 10.2. The molecule has 4 N–H and O–H groups in total.